The quantitative estimate of drug-likeness (QED) is 0.790. The minimum absolute atomic E-state index is 0.0465. The zero-order chi connectivity index (χ0) is 16.8. The summed E-state index contributed by atoms with van der Waals surface area (Å²) in [6.45, 7) is 9.45. The van der Waals surface area contributed by atoms with Crippen LogP contribution in [0, 0.1) is 5.82 Å². The number of nitrogens with zero attached hydrogens (tertiary/aromatic N) is 1. The van der Waals surface area contributed by atoms with Gasteiger partial charge in [0.15, 0.2) is 0 Å². The largest absolute Gasteiger partial charge is 0.387 e. The topological polar surface area (TPSA) is 35.5 Å². The molecule has 0 aromatic heterocycles. The first kappa shape index (κ1) is 18.1. The van der Waals surface area contributed by atoms with E-state index in [1.54, 1.807) is 12.1 Å². The molecule has 0 spiro atoms. The van der Waals surface area contributed by atoms with Crippen molar-refractivity contribution in [1.29, 1.82) is 0 Å². The van der Waals surface area contributed by atoms with Gasteiger partial charge in [-0.1, -0.05) is 23.8 Å². The maximum absolute atomic E-state index is 13.0. The van der Waals surface area contributed by atoms with Gasteiger partial charge in [0.2, 0.25) is 0 Å². The van der Waals surface area contributed by atoms with Gasteiger partial charge in [0.25, 0.3) is 0 Å². The zero-order valence-corrected chi connectivity index (χ0v) is 14.4. The van der Waals surface area contributed by atoms with Crippen molar-refractivity contribution in [3.8, 4) is 0 Å². The van der Waals surface area contributed by atoms with E-state index < -0.39 is 6.10 Å². The van der Waals surface area contributed by atoms with E-state index in [9.17, 15) is 9.50 Å². The zero-order valence-electron chi connectivity index (χ0n) is 14.4. The Bertz CT molecular complexity index is 503. The van der Waals surface area contributed by atoms with E-state index in [4.69, 9.17) is 0 Å². The van der Waals surface area contributed by atoms with Crippen molar-refractivity contribution in [3.63, 3.8) is 0 Å². The Morgan fingerprint density at radius 1 is 1.30 bits per heavy atom. The van der Waals surface area contributed by atoms with Crippen LogP contribution in [-0.2, 0) is 0 Å². The highest BCUT2D eigenvalue weighted by Gasteiger charge is 2.23. The molecule has 1 fully saturated rings. The molecule has 2 N–H and O–H groups in total. The molecule has 128 valence electrons. The van der Waals surface area contributed by atoms with E-state index in [0.29, 0.717) is 6.04 Å². The molecule has 2 rings (SSSR count). The van der Waals surface area contributed by atoms with Crippen LogP contribution in [0.5, 0.6) is 0 Å². The van der Waals surface area contributed by atoms with Crippen LogP contribution in [0.1, 0.15) is 45.3 Å². The van der Waals surface area contributed by atoms with Crippen molar-refractivity contribution in [2.45, 2.75) is 51.8 Å². The first-order valence-electron chi connectivity index (χ1n) is 8.51. The van der Waals surface area contributed by atoms with Gasteiger partial charge in [-0.3, -0.25) is 4.90 Å². The van der Waals surface area contributed by atoms with Crippen molar-refractivity contribution in [2.75, 3.05) is 19.6 Å². The summed E-state index contributed by atoms with van der Waals surface area (Å²) in [6, 6.07) is 6.48. The predicted molar refractivity (Wildman–Crippen MR) is 92.9 cm³/mol. The summed E-state index contributed by atoms with van der Waals surface area (Å²) in [5, 5.41) is 13.9. The fraction of sp³-hybridized carbons (Fsp3) is 0.579. The number of hydrogen-bond acceptors (Lipinski definition) is 3. The lowest BCUT2D eigenvalue weighted by molar-refractivity contribution is 0.117. The van der Waals surface area contributed by atoms with Crippen LogP contribution in [0.3, 0.4) is 0 Å². The fourth-order valence-electron chi connectivity index (χ4n) is 3.01. The first-order valence-corrected chi connectivity index (χ1v) is 8.51. The maximum Gasteiger partial charge on any atom is 0.123 e. The minimum Gasteiger partial charge on any atom is -0.387 e. The first-order chi connectivity index (χ1) is 11.0. The number of aliphatic hydroxyl groups is 1. The molecule has 3 nitrogen and oxygen atoms in total. The van der Waals surface area contributed by atoms with Gasteiger partial charge in [0, 0.05) is 18.6 Å². The summed E-state index contributed by atoms with van der Waals surface area (Å²) in [6.07, 6.45) is 3.85. The Kier molecular flexibility index (Phi) is 6.75. The number of aliphatic hydroxyl groups excluding tert-OH is 1. The van der Waals surface area contributed by atoms with Crippen LogP contribution in [0.25, 0.3) is 0 Å². The second kappa shape index (κ2) is 8.57. The van der Waals surface area contributed by atoms with Crippen LogP contribution in [0.4, 0.5) is 4.39 Å². The summed E-state index contributed by atoms with van der Waals surface area (Å²) in [7, 11) is 0. The molecule has 0 saturated carbocycles. The number of allylic oxidation sites excluding steroid dienone is 1. The maximum atomic E-state index is 13.0. The van der Waals surface area contributed by atoms with Gasteiger partial charge >= 0.3 is 0 Å². The van der Waals surface area contributed by atoms with Gasteiger partial charge in [-0.15, -0.1) is 0 Å². The Balaban J connectivity index is 1.79. The van der Waals surface area contributed by atoms with Crippen molar-refractivity contribution in [1.82, 2.24) is 10.2 Å². The van der Waals surface area contributed by atoms with Gasteiger partial charge in [-0.2, -0.15) is 0 Å². The monoisotopic (exact) mass is 320 g/mol. The molecule has 0 bridgehead atoms. The summed E-state index contributed by atoms with van der Waals surface area (Å²) in [5.41, 5.74) is 2.12. The molecule has 2 atom stereocenters. The fourth-order valence-corrected chi connectivity index (χ4v) is 3.01. The summed E-state index contributed by atoms with van der Waals surface area (Å²) >= 11 is 0. The smallest absolute Gasteiger partial charge is 0.123 e. The van der Waals surface area contributed by atoms with Gasteiger partial charge in [0.05, 0.1) is 6.10 Å². The predicted octanol–water partition coefficient (Wildman–Crippen LogP) is 3.27. The summed E-state index contributed by atoms with van der Waals surface area (Å²) < 4.78 is 13.0. The molecular weight excluding hydrogens is 291 g/mol. The molecule has 0 radical (unpaired) electrons. The van der Waals surface area contributed by atoms with Crippen molar-refractivity contribution >= 4 is 0 Å². The summed E-state index contributed by atoms with van der Waals surface area (Å²) in [5.74, 6) is -0.273. The Morgan fingerprint density at radius 3 is 2.48 bits per heavy atom. The Hall–Kier alpha value is -1.23. The normalized spacial score (nSPS) is 19.3. The molecule has 4 heteroatoms. The molecule has 1 saturated heterocycles. The van der Waals surface area contributed by atoms with E-state index in [0.717, 1.165) is 38.0 Å². The van der Waals surface area contributed by atoms with Crippen molar-refractivity contribution in [2.24, 2.45) is 0 Å². The van der Waals surface area contributed by atoms with E-state index in [1.807, 2.05) is 6.92 Å². The third kappa shape index (κ3) is 5.72. The third-order valence-corrected chi connectivity index (χ3v) is 4.53. The molecule has 1 heterocycles. The lowest BCUT2D eigenvalue weighted by atomic mass is 9.99. The van der Waals surface area contributed by atoms with Gasteiger partial charge in [-0.05, 0) is 64.4 Å². The molecule has 23 heavy (non-hydrogen) atoms. The highest BCUT2D eigenvalue weighted by molar-refractivity contribution is 5.19. The number of benzene rings is 1. The molecule has 1 aliphatic heterocycles. The molecular formula is C19H29FN2O. The minimum atomic E-state index is -0.612. The number of rotatable bonds is 6. The standard InChI is InChI=1S/C19H29FN2O/c1-14(2)8-11-22-12-9-18(10-13-22)21-15(3)19(23)16-4-6-17(20)7-5-16/h4-8,15,18-19,21,23H,9-13H2,1-3H3. The number of likely N-dealkylation sites (tertiary alicyclic amines) is 1. The van der Waals surface area contributed by atoms with Crippen LogP contribution < -0.4 is 5.32 Å². The van der Waals surface area contributed by atoms with Crippen LogP contribution in [-0.4, -0.2) is 41.7 Å². The summed E-state index contributed by atoms with van der Waals surface area (Å²) in [4.78, 5) is 2.46. The SMILES string of the molecule is CC(C)=CCN1CCC(NC(C)C(O)c2ccc(F)cc2)CC1. The average Bonchev–Trinajstić information content (AvgIpc) is 2.54. The Labute approximate surface area is 139 Å². The van der Waals surface area contributed by atoms with Crippen LogP contribution >= 0.6 is 0 Å². The second-order valence-corrected chi connectivity index (χ2v) is 6.81. The number of hydrogen-bond donors (Lipinski definition) is 2. The molecule has 1 aromatic carbocycles. The Morgan fingerprint density at radius 2 is 1.91 bits per heavy atom. The van der Waals surface area contributed by atoms with Crippen LogP contribution in [0.15, 0.2) is 35.9 Å². The van der Waals surface area contributed by atoms with E-state index in [-0.39, 0.29) is 11.9 Å². The van der Waals surface area contributed by atoms with E-state index >= 15 is 0 Å². The molecule has 0 amide bonds. The van der Waals surface area contributed by atoms with Gasteiger partial charge in [-0.25, -0.2) is 4.39 Å². The lowest BCUT2D eigenvalue weighted by Crippen LogP contribution is -2.47. The van der Waals surface area contributed by atoms with Gasteiger partial charge < -0.3 is 10.4 Å². The van der Waals surface area contributed by atoms with Crippen molar-refractivity contribution < 1.29 is 9.50 Å². The van der Waals surface area contributed by atoms with E-state index in [1.165, 1.54) is 17.7 Å². The highest BCUT2D eigenvalue weighted by atomic mass is 19.1. The van der Waals surface area contributed by atoms with Crippen LogP contribution in [0.2, 0.25) is 0 Å². The van der Waals surface area contributed by atoms with Gasteiger partial charge in [0.1, 0.15) is 5.82 Å². The number of halogens is 1. The highest BCUT2D eigenvalue weighted by Crippen LogP contribution is 2.19. The lowest BCUT2D eigenvalue weighted by Gasteiger charge is -2.34. The molecule has 1 aromatic rings. The number of nitrogens with one attached hydrogen (secondary N) is 1. The van der Waals surface area contributed by atoms with E-state index in [2.05, 4.69) is 30.1 Å². The van der Waals surface area contributed by atoms with Crippen molar-refractivity contribution in [3.05, 3.63) is 47.3 Å². The molecule has 0 aliphatic carbocycles. The molecule has 1 aliphatic rings. The number of piperidine rings is 1. The third-order valence-electron chi connectivity index (χ3n) is 4.53. The second-order valence-electron chi connectivity index (χ2n) is 6.81. The average molecular weight is 320 g/mol. The molecule has 2 unspecified atom stereocenters.